The highest BCUT2D eigenvalue weighted by Crippen LogP contribution is 2.48. The molecule has 3 aliphatic rings. The summed E-state index contributed by atoms with van der Waals surface area (Å²) in [5.41, 5.74) is 6.66. The second-order valence-electron chi connectivity index (χ2n) is 8.96. The van der Waals surface area contributed by atoms with Gasteiger partial charge >= 0.3 is 0 Å². The first-order valence-corrected chi connectivity index (χ1v) is 15.8. The Morgan fingerprint density at radius 3 is 2.22 bits per heavy atom. The van der Waals surface area contributed by atoms with Crippen molar-refractivity contribution in [2.75, 3.05) is 62.2 Å². The van der Waals surface area contributed by atoms with Gasteiger partial charge in [0.05, 0.1) is 11.0 Å². The highest BCUT2D eigenvalue weighted by molar-refractivity contribution is 14.2. The molecule has 0 bridgehead atoms. The molecule has 172 valence electrons. The molecular formula is C25H34IN5S. The first kappa shape index (κ1) is 22.6. The first-order valence-electron chi connectivity index (χ1n) is 12.0. The van der Waals surface area contributed by atoms with Crippen LogP contribution in [0.1, 0.15) is 30.9 Å². The van der Waals surface area contributed by atoms with E-state index in [-0.39, 0.29) is 7.66 Å². The SMILES string of the molecule is CCc1cc(N2CCCNCC2)cc2c1N=c1c(C)cc(N3CCCNCC3)cc1=S2I. The van der Waals surface area contributed by atoms with E-state index in [0.717, 1.165) is 58.8 Å². The van der Waals surface area contributed by atoms with Gasteiger partial charge in [-0.3, -0.25) is 0 Å². The molecule has 3 heterocycles. The van der Waals surface area contributed by atoms with Crippen molar-refractivity contribution < 1.29 is 0 Å². The lowest BCUT2D eigenvalue weighted by Crippen LogP contribution is -2.28. The summed E-state index contributed by atoms with van der Waals surface area (Å²) in [7, 11) is -0.00869. The van der Waals surface area contributed by atoms with Crippen LogP contribution < -0.4 is 25.8 Å². The van der Waals surface area contributed by atoms with Crippen LogP contribution in [0.15, 0.2) is 34.2 Å². The Hall–Kier alpha value is -1.16. The number of aryl methyl sites for hydroxylation is 2. The molecule has 7 heteroatoms. The van der Waals surface area contributed by atoms with Crippen LogP contribution in [0.5, 0.6) is 0 Å². The number of fused-ring (bicyclic) bond motifs is 2. The van der Waals surface area contributed by atoms with Gasteiger partial charge < -0.3 is 20.4 Å². The van der Waals surface area contributed by atoms with Crippen LogP contribution in [0.3, 0.4) is 0 Å². The summed E-state index contributed by atoms with van der Waals surface area (Å²) in [5.74, 6) is 0. The van der Waals surface area contributed by atoms with Crippen LogP contribution >= 0.6 is 28.9 Å². The zero-order valence-electron chi connectivity index (χ0n) is 19.2. The summed E-state index contributed by atoms with van der Waals surface area (Å²) < 4.78 is 1.40. The predicted octanol–water partition coefficient (Wildman–Crippen LogP) is 4.35. The highest BCUT2D eigenvalue weighted by Gasteiger charge is 2.20. The Kier molecular flexibility index (Phi) is 7.06. The summed E-state index contributed by atoms with van der Waals surface area (Å²) >= 11 is 2.69. The molecule has 0 spiro atoms. The van der Waals surface area contributed by atoms with Crippen LogP contribution in [-0.2, 0) is 6.42 Å². The molecule has 1 unspecified atom stereocenters. The summed E-state index contributed by atoms with van der Waals surface area (Å²) in [5, 5.41) is 8.27. The van der Waals surface area contributed by atoms with Crippen molar-refractivity contribution in [1.82, 2.24) is 10.6 Å². The van der Waals surface area contributed by atoms with E-state index >= 15 is 0 Å². The Morgan fingerprint density at radius 1 is 0.906 bits per heavy atom. The van der Waals surface area contributed by atoms with Gasteiger partial charge in [-0.15, -0.1) is 0 Å². The molecule has 32 heavy (non-hydrogen) atoms. The Morgan fingerprint density at radius 2 is 1.56 bits per heavy atom. The largest absolute Gasteiger partial charge is 0.370 e. The van der Waals surface area contributed by atoms with E-state index in [0.29, 0.717) is 0 Å². The zero-order valence-corrected chi connectivity index (χ0v) is 22.2. The minimum atomic E-state index is -0.00869. The van der Waals surface area contributed by atoms with Gasteiger partial charge in [0.1, 0.15) is 0 Å². The molecule has 0 aromatic heterocycles. The molecule has 0 amide bonds. The van der Waals surface area contributed by atoms with Gasteiger partial charge in [0.25, 0.3) is 0 Å². The average molecular weight is 564 g/mol. The van der Waals surface area contributed by atoms with Gasteiger partial charge in [-0.25, -0.2) is 4.99 Å². The van der Waals surface area contributed by atoms with Crippen molar-refractivity contribution >= 4 is 45.9 Å². The number of anilines is 2. The molecule has 2 fully saturated rings. The number of nitrogens with zero attached hydrogens (tertiary/aromatic N) is 3. The molecular weight excluding hydrogens is 529 g/mol. The first-order chi connectivity index (χ1) is 15.7. The number of hydrogen-bond donors (Lipinski definition) is 2. The molecule has 2 N–H and O–H groups in total. The standard InChI is InChI=1S/C25H34IN5S/c1-3-19-15-21(31-11-5-7-28-9-13-31)17-23-25(19)29-24-18(2)14-20(16-22(24)32(23)26)30-10-4-6-27-8-12-30/h14-17,27-28H,3-13H2,1-2H3. The molecule has 0 aliphatic carbocycles. The van der Waals surface area contributed by atoms with E-state index in [4.69, 9.17) is 4.99 Å². The molecule has 5 rings (SSSR count). The molecule has 2 aromatic carbocycles. The third-order valence-corrected chi connectivity index (χ3v) is 11.0. The quantitative estimate of drug-likeness (QED) is 0.431. The monoisotopic (exact) mass is 563 g/mol. The lowest BCUT2D eigenvalue weighted by atomic mass is 10.1. The van der Waals surface area contributed by atoms with E-state index in [2.05, 4.69) is 79.8 Å². The van der Waals surface area contributed by atoms with Crippen molar-refractivity contribution in [3.8, 4) is 0 Å². The molecule has 0 radical (unpaired) electrons. The second-order valence-corrected chi connectivity index (χ2v) is 13.0. The van der Waals surface area contributed by atoms with Gasteiger partial charge in [-0.2, -0.15) is 0 Å². The molecule has 0 saturated carbocycles. The fraction of sp³-hybridized carbons (Fsp3) is 0.520. The van der Waals surface area contributed by atoms with Gasteiger partial charge in [-0.05, 0) is 95.9 Å². The van der Waals surface area contributed by atoms with Crippen LogP contribution in [0.4, 0.5) is 17.1 Å². The lowest BCUT2D eigenvalue weighted by molar-refractivity contribution is 0.724. The maximum absolute atomic E-state index is 5.28. The number of halogens is 1. The van der Waals surface area contributed by atoms with Crippen molar-refractivity contribution in [2.24, 2.45) is 4.99 Å². The van der Waals surface area contributed by atoms with Gasteiger partial charge in [0, 0.05) is 60.0 Å². The van der Waals surface area contributed by atoms with Crippen LogP contribution in [0, 0.1) is 11.4 Å². The van der Waals surface area contributed by atoms with Crippen LogP contribution in [-0.4, -0.2) is 52.4 Å². The number of rotatable bonds is 3. The smallest absolute Gasteiger partial charge is 0.0809 e. The lowest BCUT2D eigenvalue weighted by Gasteiger charge is -2.26. The number of nitrogens with one attached hydrogen (secondary N) is 2. The molecule has 2 aromatic rings. The normalized spacial score (nSPS) is 21.3. The topological polar surface area (TPSA) is 42.9 Å². The highest BCUT2D eigenvalue weighted by atomic mass is 127. The van der Waals surface area contributed by atoms with E-state index in [1.807, 2.05) is 0 Å². The van der Waals surface area contributed by atoms with E-state index in [9.17, 15) is 0 Å². The number of benzene rings is 2. The summed E-state index contributed by atoms with van der Waals surface area (Å²) in [6.45, 7) is 13.3. The summed E-state index contributed by atoms with van der Waals surface area (Å²) in [6, 6.07) is 9.64. The maximum Gasteiger partial charge on any atom is 0.0809 e. The van der Waals surface area contributed by atoms with Gasteiger partial charge in [-0.1, -0.05) is 14.6 Å². The summed E-state index contributed by atoms with van der Waals surface area (Å²) in [6.07, 6.45) is 3.43. The molecule has 1 atom stereocenters. The minimum Gasteiger partial charge on any atom is -0.370 e. The van der Waals surface area contributed by atoms with Crippen LogP contribution in [0.2, 0.25) is 0 Å². The fourth-order valence-electron chi connectivity index (χ4n) is 4.99. The molecule has 5 nitrogen and oxygen atoms in total. The van der Waals surface area contributed by atoms with Crippen molar-refractivity contribution in [3.63, 3.8) is 0 Å². The molecule has 2 saturated heterocycles. The van der Waals surface area contributed by atoms with E-state index in [1.54, 1.807) is 0 Å². The third kappa shape index (κ3) is 4.45. The van der Waals surface area contributed by atoms with Gasteiger partial charge in [0.15, 0.2) is 0 Å². The fourth-order valence-corrected chi connectivity index (χ4v) is 8.42. The molecule has 3 aliphatic heterocycles. The Labute approximate surface area is 206 Å². The van der Waals surface area contributed by atoms with Crippen LogP contribution in [0.25, 0.3) is 0 Å². The maximum atomic E-state index is 5.28. The average Bonchev–Trinajstić information content (AvgIpc) is 3.25. The van der Waals surface area contributed by atoms with Crippen molar-refractivity contribution in [3.05, 3.63) is 45.3 Å². The van der Waals surface area contributed by atoms with E-state index < -0.39 is 0 Å². The third-order valence-electron chi connectivity index (χ3n) is 6.79. The Bertz CT molecular complexity index is 1120. The zero-order chi connectivity index (χ0) is 22.1. The van der Waals surface area contributed by atoms with Crippen molar-refractivity contribution in [2.45, 2.75) is 38.0 Å². The van der Waals surface area contributed by atoms with Crippen molar-refractivity contribution in [1.29, 1.82) is 0 Å². The Balaban J connectivity index is 1.63. The van der Waals surface area contributed by atoms with Gasteiger partial charge in [0.2, 0.25) is 0 Å². The minimum absolute atomic E-state index is 0.00869. The number of hydrogen-bond acceptors (Lipinski definition) is 5. The van der Waals surface area contributed by atoms with E-state index in [1.165, 1.54) is 55.8 Å². The predicted molar refractivity (Wildman–Crippen MR) is 146 cm³/mol. The summed E-state index contributed by atoms with van der Waals surface area (Å²) in [4.78, 5) is 11.8. The second kappa shape index (κ2) is 9.99.